The molecule has 4 rings (SSSR count). The summed E-state index contributed by atoms with van der Waals surface area (Å²) < 4.78 is 6.15. The van der Waals surface area contributed by atoms with Crippen LogP contribution >= 0.6 is 0 Å². The monoisotopic (exact) mass is 352 g/mol. The highest BCUT2D eigenvalue weighted by molar-refractivity contribution is 5.89. The molecule has 4 nitrogen and oxygen atoms in total. The molecule has 1 heterocycles. The predicted octanol–water partition coefficient (Wildman–Crippen LogP) is 3.87. The average Bonchev–Trinajstić information content (AvgIpc) is 3.11. The lowest BCUT2D eigenvalue weighted by Crippen LogP contribution is -2.63. The first-order chi connectivity index (χ1) is 12.6. The minimum absolute atomic E-state index is 0.125. The number of benzene rings is 2. The van der Waals surface area contributed by atoms with Gasteiger partial charge < -0.3 is 10.1 Å². The van der Waals surface area contributed by atoms with Gasteiger partial charge in [-0.25, -0.2) is 0 Å². The maximum absolute atomic E-state index is 12.8. The van der Waals surface area contributed by atoms with Gasteiger partial charge in [0.1, 0.15) is 11.3 Å². The van der Waals surface area contributed by atoms with Crippen LogP contribution in [-0.2, 0) is 11.3 Å². The number of piperazine rings is 1. The van der Waals surface area contributed by atoms with Gasteiger partial charge >= 0.3 is 0 Å². The zero-order chi connectivity index (χ0) is 18.1. The van der Waals surface area contributed by atoms with E-state index in [1.807, 2.05) is 0 Å². The Kier molecular flexibility index (Phi) is 4.62. The second-order valence-corrected chi connectivity index (χ2v) is 7.85. The Hall–Kier alpha value is -2.07. The van der Waals surface area contributed by atoms with Crippen LogP contribution in [0.4, 0.5) is 0 Å². The van der Waals surface area contributed by atoms with E-state index in [2.05, 4.69) is 60.5 Å². The molecule has 2 fully saturated rings. The molecule has 1 spiro atoms. The topological polar surface area (TPSA) is 41.6 Å². The zero-order valence-corrected chi connectivity index (χ0v) is 15.8. The van der Waals surface area contributed by atoms with E-state index in [-0.39, 0.29) is 17.6 Å². The molecule has 0 aromatic heterocycles. The van der Waals surface area contributed by atoms with Gasteiger partial charge in [-0.15, -0.1) is 0 Å². The summed E-state index contributed by atoms with van der Waals surface area (Å²) in [6.07, 6.45) is 4.32. The van der Waals surface area contributed by atoms with Crippen LogP contribution in [0, 0.1) is 0 Å². The summed E-state index contributed by atoms with van der Waals surface area (Å²) in [6.45, 7) is 6.51. The molecular weight excluding hydrogens is 324 g/mol. The van der Waals surface area contributed by atoms with Gasteiger partial charge in [0.25, 0.3) is 0 Å². The van der Waals surface area contributed by atoms with E-state index in [9.17, 15) is 4.79 Å². The highest BCUT2D eigenvalue weighted by Crippen LogP contribution is 2.40. The van der Waals surface area contributed by atoms with Crippen molar-refractivity contribution in [2.45, 2.75) is 57.7 Å². The molecule has 2 aliphatic rings. The van der Waals surface area contributed by atoms with Gasteiger partial charge in [0.15, 0.2) is 0 Å². The molecule has 2 aromatic rings. The fraction of sp³-hybridized carbons (Fsp3) is 0.500. The number of nitrogens with one attached hydrogen (secondary N) is 1. The molecule has 0 unspecified atom stereocenters. The van der Waals surface area contributed by atoms with E-state index < -0.39 is 0 Å². The first-order valence-electron chi connectivity index (χ1n) is 9.81. The molecule has 0 bridgehead atoms. The smallest absolute Gasteiger partial charge is 0.240 e. The van der Waals surface area contributed by atoms with Crippen LogP contribution < -0.4 is 10.1 Å². The van der Waals surface area contributed by atoms with E-state index in [1.54, 1.807) is 0 Å². The molecular formula is C22H28N2O2. The highest BCUT2D eigenvalue weighted by atomic mass is 16.5. The van der Waals surface area contributed by atoms with E-state index in [4.69, 9.17) is 4.74 Å². The van der Waals surface area contributed by atoms with Crippen molar-refractivity contribution in [2.24, 2.45) is 0 Å². The summed E-state index contributed by atoms with van der Waals surface area (Å²) in [6, 6.07) is 12.7. The van der Waals surface area contributed by atoms with Gasteiger partial charge in [-0.3, -0.25) is 9.69 Å². The third-order valence-electron chi connectivity index (χ3n) is 5.84. The molecule has 4 heteroatoms. The molecule has 2 aromatic carbocycles. The minimum Gasteiger partial charge on any atom is -0.491 e. The van der Waals surface area contributed by atoms with Crippen LogP contribution in [0.25, 0.3) is 10.8 Å². The van der Waals surface area contributed by atoms with Gasteiger partial charge in [0.05, 0.1) is 6.10 Å². The van der Waals surface area contributed by atoms with E-state index >= 15 is 0 Å². The molecule has 26 heavy (non-hydrogen) atoms. The van der Waals surface area contributed by atoms with E-state index in [0.717, 1.165) is 51.1 Å². The quantitative estimate of drug-likeness (QED) is 0.908. The third kappa shape index (κ3) is 2.96. The Morgan fingerprint density at radius 3 is 2.69 bits per heavy atom. The normalized spacial score (nSPS) is 20.0. The average molecular weight is 352 g/mol. The van der Waals surface area contributed by atoms with Crippen molar-refractivity contribution >= 4 is 16.7 Å². The molecule has 1 saturated carbocycles. The molecule has 1 aliphatic heterocycles. The molecule has 1 aliphatic carbocycles. The number of amides is 1. The number of hydrogen-bond acceptors (Lipinski definition) is 3. The van der Waals surface area contributed by atoms with Gasteiger partial charge in [-0.2, -0.15) is 0 Å². The molecule has 0 atom stereocenters. The number of ether oxygens (including phenoxy) is 1. The summed E-state index contributed by atoms with van der Waals surface area (Å²) in [5.41, 5.74) is 0.877. The maximum atomic E-state index is 12.8. The zero-order valence-electron chi connectivity index (χ0n) is 15.8. The fourth-order valence-electron chi connectivity index (χ4n) is 4.59. The molecule has 1 N–H and O–H groups in total. The maximum Gasteiger partial charge on any atom is 0.240 e. The van der Waals surface area contributed by atoms with Crippen LogP contribution in [0.3, 0.4) is 0 Å². The fourth-order valence-corrected chi connectivity index (χ4v) is 4.59. The number of carbonyl (C=O) groups excluding carboxylic acids is 1. The third-order valence-corrected chi connectivity index (χ3v) is 5.84. The first-order valence-corrected chi connectivity index (χ1v) is 9.81. The lowest BCUT2D eigenvalue weighted by molar-refractivity contribution is -0.137. The van der Waals surface area contributed by atoms with Gasteiger partial charge in [-0.05, 0) is 43.5 Å². The molecule has 138 valence electrons. The molecule has 1 saturated heterocycles. The number of fused-ring (bicyclic) bond motifs is 1. The summed E-state index contributed by atoms with van der Waals surface area (Å²) in [4.78, 5) is 15.2. The highest BCUT2D eigenvalue weighted by Gasteiger charge is 2.48. The summed E-state index contributed by atoms with van der Waals surface area (Å²) in [5.74, 6) is 1.16. The molecule has 1 amide bonds. The summed E-state index contributed by atoms with van der Waals surface area (Å²) >= 11 is 0. The first kappa shape index (κ1) is 17.3. The van der Waals surface area contributed by atoms with Crippen molar-refractivity contribution in [1.82, 2.24) is 10.2 Å². The predicted molar refractivity (Wildman–Crippen MR) is 104 cm³/mol. The van der Waals surface area contributed by atoms with E-state index in [1.165, 1.54) is 16.3 Å². The van der Waals surface area contributed by atoms with Crippen LogP contribution in [-0.4, -0.2) is 35.5 Å². The van der Waals surface area contributed by atoms with Crippen molar-refractivity contribution in [1.29, 1.82) is 0 Å². The second kappa shape index (κ2) is 6.92. The Labute approximate surface area is 155 Å². The largest absolute Gasteiger partial charge is 0.491 e. The number of hydrogen-bond donors (Lipinski definition) is 1. The van der Waals surface area contributed by atoms with Gasteiger partial charge in [-0.1, -0.05) is 43.2 Å². The lowest BCUT2D eigenvalue weighted by atomic mass is 9.90. The minimum atomic E-state index is -0.329. The van der Waals surface area contributed by atoms with E-state index in [0.29, 0.717) is 0 Å². The number of nitrogens with zero attached hydrogens (tertiary/aromatic N) is 1. The van der Waals surface area contributed by atoms with Crippen LogP contribution in [0.2, 0.25) is 0 Å². The number of carbonyl (C=O) groups is 1. The lowest BCUT2D eigenvalue weighted by Gasteiger charge is -2.44. The van der Waals surface area contributed by atoms with Gasteiger partial charge in [0, 0.05) is 25.2 Å². The Balaban J connectivity index is 1.76. The Bertz CT molecular complexity index is 809. The second-order valence-electron chi connectivity index (χ2n) is 7.85. The summed E-state index contributed by atoms with van der Waals surface area (Å²) in [7, 11) is 0. The van der Waals surface area contributed by atoms with Crippen LogP contribution in [0.5, 0.6) is 5.75 Å². The van der Waals surface area contributed by atoms with Crippen molar-refractivity contribution in [3.63, 3.8) is 0 Å². The standard InChI is InChI=1S/C22H28N2O2/c1-16(2)26-20-10-9-17-7-3-4-8-18(17)19(20)15-24-14-13-23-21(25)22(24)11-5-6-12-22/h3-4,7-10,16H,5-6,11-15H2,1-2H3,(H,23,25). The molecule has 0 radical (unpaired) electrons. The Morgan fingerprint density at radius 1 is 1.15 bits per heavy atom. The SMILES string of the molecule is CC(C)Oc1ccc2ccccc2c1CN1CCNC(=O)C12CCCC2. The van der Waals surface area contributed by atoms with Crippen LogP contribution in [0.1, 0.15) is 45.1 Å². The van der Waals surface area contributed by atoms with Crippen molar-refractivity contribution < 1.29 is 9.53 Å². The van der Waals surface area contributed by atoms with Crippen molar-refractivity contribution in [2.75, 3.05) is 13.1 Å². The van der Waals surface area contributed by atoms with Crippen molar-refractivity contribution in [3.05, 3.63) is 42.0 Å². The van der Waals surface area contributed by atoms with Crippen LogP contribution in [0.15, 0.2) is 36.4 Å². The van der Waals surface area contributed by atoms with Crippen molar-refractivity contribution in [3.8, 4) is 5.75 Å². The summed E-state index contributed by atoms with van der Waals surface area (Å²) in [5, 5.41) is 5.55. The Morgan fingerprint density at radius 2 is 1.92 bits per heavy atom. The van der Waals surface area contributed by atoms with Gasteiger partial charge in [0.2, 0.25) is 5.91 Å². The number of rotatable bonds is 4.